The number of halogens is 1. The van der Waals surface area contributed by atoms with Crippen LogP contribution in [0, 0.1) is 0 Å². The third kappa shape index (κ3) is 4.76. The number of amides is 1. The first-order chi connectivity index (χ1) is 12.7. The van der Waals surface area contributed by atoms with E-state index < -0.39 is 0 Å². The zero-order chi connectivity index (χ0) is 18.4. The van der Waals surface area contributed by atoms with E-state index in [1.165, 1.54) is 12.0 Å². The number of aromatic nitrogens is 1. The summed E-state index contributed by atoms with van der Waals surface area (Å²) < 4.78 is 0. The Balaban J connectivity index is 1.55. The normalized spacial score (nSPS) is 17.2. The van der Waals surface area contributed by atoms with Gasteiger partial charge in [0.1, 0.15) is 5.69 Å². The molecule has 2 aromatic rings. The molecule has 0 spiro atoms. The van der Waals surface area contributed by atoms with Gasteiger partial charge in [0.05, 0.1) is 11.9 Å². The van der Waals surface area contributed by atoms with Gasteiger partial charge in [0.25, 0.3) is 5.91 Å². The molecule has 1 aliphatic heterocycles. The number of nitrogens with one attached hydrogen (secondary N) is 1. The zero-order valence-electron chi connectivity index (χ0n) is 15.2. The lowest BCUT2D eigenvalue weighted by atomic mass is 9.99. The van der Waals surface area contributed by atoms with E-state index in [9.17, 15) is 4.79 Å². The number of hydrogen-bond acceptors (Lipinski definition) is 3. The molecule has 0 radical (unpaired) electrons. The summed E-state index contributed by atoms with van der Waals surface area (Å²) in [6.45, 7) is 3.79. The van der Waals surface area contributed by atoms with Crippen LogP contribution in [0.25, 0.3) is 0 Å². The van der Waals surface area contributed by atoms with Gasteiger partial charge in [-0.1, -0.05) is 30.7 Å². The zero-order valence-corrected chi connectivity index (χ0v) is 16.0. The van der Waals surface area contributed by atoms with Gasteiger partial charge in [-0.3, -0.25) is 4.79 Å². The Morgan fingerprint density at radius 2 is 2.19 bits per heavy atom. The molecule has 1 fully saturated rings. The molecular weight excluding hydrogens is 346 g/mol. The number of rotatable bonds is 6. The van der Waals surface area contributed by atoms with Crippen LogP contribution in [0.4, 0.5) is 5.69 Å². The van der Waals surface area contributed by atoms with Gasteiger partial charge < -0.3 is 10.2 Å². The maximum Gasteiger partial charge on any atom is 0.272 e. The van der Waals surface area contributed by atoms with Crippen molar-refractivity contribution in [1.82, 2.24) is 9.88 Å². The van der Waals surface area contributed by atoms with Gasteiger partial charge in [0.2, 0.25) is 0 Å². The number of carbonyl (C=O) groups is 1. The van der Waals surface area contributed by atoms with Crippen molar-refractivity contribution in [2.24, 2.45) is 0 Å². The summed E-state index contributed by atoms with van der Waals surface area (Å²) in [4.78, 5) is 19.1. The first kappa shape index (κ1) is 18.7. The third-order valence-corrected chi connectivity index (χ3v) is 5.21. The van der Waals surface area contributed by atoms with Crippen molar-refractivity contribution in [3.63, 3.8) is 0 Å². The number of nitrogens with zero attached hydrogens (tertiary/aromatic N) is 2. The fraction of sp³-hybridized carbons (Fsp3) is 0.429. The molecule has 1 N–H and O–H groups in total. The number of carbonyl (C=O) groups excluding carboxylic acids is 1. The van der Waals surface area contributed by atoms with E-state index in [-0.39, 0.29) is 5.91 Å². The predicted octanol–water partition coefficient (Wildman–Crippen LogP) is 4.79. The Morgan fingerprint density at radius 3 is 2.92 bits per heavy atom. The molecule has 4 nitrogen and oxygen atoms in total. The minimum atomic E-state index is 0.0574. The summed E-state index contributed by atoms with van der Waals surface area (Å²) in [6, 6.07) is 12.0. The average molecular weight is 372 g/mol. The molecule has 1 saturated heterocycles. The van der Waals surface area contributed by atoms with E-state index in [4.69, 9.17) is 11.6 Å². The van der Waals surface area contributed by atoms with E-state index >= 15 is 0 Å². The van der Waals surface area contributed by atoms with Crippen molar-refractivity contribution in [1.29, 1.82) is 0 Å². The average Bonchev–Trinajstić information content (AvgIpc) is 2.68. The molecular formula is C21H26ClN3O. The van der Waals surface area contributed by atoms with Crippen molar-refractivity contribution in [3.05, 3.63) is 58.9 Å². The molecule has 0 aliphatic carbocycles. The van der Waals surface area contributed by atoms with Crippen LogP contribution < -0.4 is 5.32 Å². The fourth-order valence-corrected chi connectivity index (χ4v) is 3.72. The molecule has 1 aliphatic rings. The number of hydrogen-bond donors (Lipinski definition) is 1. The second-order valence-electron chi connectivity index (χ2n) is 6.80. The van der Waals surface area contributed by atoms with Crippen LogP contribution in [-0.4, -0.2) is 34.9 Å². The van der Waals surface area contributed by atoms with E-state index in [2.05, 4.69) is 23.3 Å². The maximum atomic E-state index is 12.7. The fourth-order valence-electron chi connectivity index (χ4n) is 3.51. The van der Waals surface area contributed by atoms with Gasteiger partial charge in [-0.15, -0.1) is 0 Å². The SMILES string of the molecule is CCC1CCCCN1C(=O)c1ccc(NCCc2cccc(Cl)c2)cn1. The van der Waals surface area contributed by atoms with Gasteiger partial charge in [-0.05, 0) is 61.9 Å². The summed E-state index contributed by atoms with van der Waals surface area (Å²) in [7, 11) is 0. The largest absolute Gasteiger partial charge is 0.383 e. The molecule has 1 amide bonds. The molecule has 1 aromatic carbocycles. The van der Waals surface area contributed by atoms with Crippen molar-refractivity contribution >= 4 is 23.2 Å². The predicted molar refractivity (Wildman–Crippen MR) is 107 cm³/mol. The van der Waals surface area contributed by atoms with Crippen LogP contribution in [0.15, 0.2) is 42.6 Å². The monoisotopic (exact) mass is 371 g/mol. The van der Waals surface area contributed by atoms with Crippen LogP contribution in [0.1, 0.15) is 48.7 Å². The molecule has 1 aromatic heterocycles. The van der Waals surface area contributed by atoms with E-state index in [1.807, 2.05) is 35.2 Å². The van der Waals surface area contributed by atoms with Crippen molar-refractivity contribution < 1.29 is 4.79 Å². The lowest BCUT2D eigenvalue weighted by Gasteiger charge is -2.35. The Hall–Kier alpha value is -2.07. The summed E-state index contributed by atoms with van der Waals surface area (Å²) in [6.07, 6.45) is 7.04. The smallest absolute Gasteiger partial charge is 0.272 e. The van der Waals surface area contributed by atoms with E-state index in [0.717, 1.165) is 49.5 Å². The highest BCUT2D eigenvalue weighted by Gasteiger charge is 2.26. The molecule has 3 rings (SSSR count). The van der Waals surface area contributed by atoms with E-state index in [1.54, 1.807) is 6.20 Å². The van der Waals surface area contributed by atoms with Crippen LogP contribution >= 0.6 is 11.6 Å². The molecule has 0 saturated carbocycles. The Kier molecular flexibility index (Phi) is 6.51. The number of likely N-dealkylation sites (tertiary alicyclic amines) is 1. The molecule has 1 unspecified atom stereocenters. The lowest BCUT2D eigenvalue weighted by Crippen LogP contribution is -2.43. The molecule has 5 heteroatoms. The lowest BCUT2D eigenvalue weighted by molar-refractivity contribution is 0.0602. The Labute approximate surface area is 160 Å². The molecule has 138 valence electrons. The minimum absolute atomic E-state index is 0.0574. The van der Waals surface area contributed by atoms with Gasteiger partial charge in [0.15, 0.2) is 0 Å². The van der Waals surface area contributed by atoms with Crippen molar-refractivity contribution in [2.45, 2.75) is 45.1 Å². The van der Waals surface area contributed by atoms with Gasteiger partial charge in [-0.2, -0.15) is 0 Å². The van der Waals surface area contributed by atoms with Crippen molar-refractivity contribution in [3.8, 4) is 0 Å². The highest BCUT2D eigenvalue weighted by atomic mass is 35.5. The molecule has 1 atom stereocenters. The Morgan fingerprint density at radius 1 is 1.31 bits per heavy atom. The number of anilines is 1. The summed E-state index contributed by atoms with van der Waals surface area (Å²) in [5, 5.41) is 4.11. The molecule has 2 heterocycles. The first-order valence-electron chi connectivity index (χ1n) is 9.42. The number of benzene rings is 1. The van der Waals surface area contributed by atoms with Gasteiger partial charge in [-0.25, -0.2) is 4.98 Å². The first-order valence-corrected chi connectivity index (χ1v) is 9.80. The maximum absolute atomic E-state index is 12.7. The Bertz CT molecular complexity index is 732. The van der Waals surface area contributed by atoms with Crippen LogP contribution in [-0.2, 0) is 6.42 Å². The minimum Gasteiger partial charge on any atom is -0.383 e. The summed E-state index contributed by atoms with van der Waals surface area (Å²) >= 11 is 6.01. The molecule has 26 heavy (non-hydrogen) atoms. The second kappa shape index (κ2) is 9.04. The number of piperidine rings is 1. The second-order valence-corrected chi connectivity index (χ2v) is 7.23. The van der Waals surface area contributed by atoms with Crippen LogP contribution in [0.5, 0.6) is 0 Å². The summed E-state index contributed by atoms with van der Waals surface area (Å²) in [5.41, 5.74) is 2.65. The van der Waals surface area contributed by atoms with E-state index in [0.29, 0.717) is 11.7 Å². The third-order valence-electron chi connectivity index (χ3n) is 4.97. The van der Waals surface area contributed by atoms with Crippen molar-refractivity contribution in [2.75, 3.05) is 18.4 Å². The standard InChI is InChI=1S/C21H26ClN3O/c1-2-19-8-3-4-13-25(19)21(26)20-10-9-18(15-24-20)23-12-11-16-6-5-7-17(22)14-16/h5-7,9-10,14-15,19,23H,2-4,8,11-13H2,1H3. The number of pyridine rings is 1. The molecule has 0 bridgehead atoms. The van der Waals surface area contributed by atoms with Gasteiger partial charge >= 0.3 is 0 Å². The highest BCUT2D eigenvalue weighted by molar-refractivity contribution is 6.30. The van der Waals surface area contributed by atoms with Crippen LogP contribution in [0.2, 0.25) is 5.02 Å². The topological polar surface area (TPSA) is 45.2 Å². The highest BCUT2D eigenvalue weighted by Crippen LogP contribution is 2.21. The van der Waals surface area contributed by atoms with Crippen LogP contribution in [0.3, 0.4) is 0 Å². The quantitative estimate of drug-likeness (QED) is 0.793. The summed E-state index contributed by atoms with van der Waals surface area (Å²) in [5.74, 6) is 0.0574. The van der Waals surface area contributed by atoms with Gasteiger partial charge in [0, 0.05) is 24.2 Å².